The second-order valence-electron chi connectivity index (χ2n) is 20.5. The fourth-order valence-corrected chi connectivity index (χ4v) is 19.8. The molecule has 0 N–H and O–H groups in total. The van der Waals surface area contributed by atoms with E-state index in [4.69, 9.17) is 0 Å². The van der Waals surface area contributed by atoms with Gasteiger partial charge in [-0.1, -0.05) is 0 Å². The van der Waals surface area contributed by atoms with E-state index in [1.165, 1.54) is 24.3 Å². The average molecular weight is 935 g/mol. The summed E-state index contributed by atoms with van der Waals surface area (Å²) >= 11 is -5.37. The maximum atomic E-state index is 18.7. The van der Waals surface area contributed by atoms with Crippen molar-refractivity contribution in [3.8, 4) is 0 Å². The number of allylic oxidation sites excluding steroid dienone is 8. The zero-order valence-electron chi connectivity index (χ0n) is 40.6. The number of unbranched alkanes of at least 4 members (excludes halogenated alkanes) is 4. The summed E-state index contributed by atoms with van der Waals surface area (Å²) in [5.41, 5.74) is -1.61. The Hall–Kier alpha value is -3.23. The summed E-state index contributed by atoms with van der Waals surface area (Å²) in [6.45, 7) is 12.8. The fraction of sp³-hybridized carbons (Fsp3) is 0.607. The van der Waals surface area contributed by atoms with Crippen LogP contribution in [0, 0.1) is 45.9 Å². The van der Waals surface area contributed by atoms with Crippen LogP contribution in [-0.2, 0) is 26.2 Å². The number of amides is 2. The summed E-state index contributed by atoms with van der Waals surface area (Å²) in [7, 11) is 0. The fourth-order valence-electron chi connectivity index (χ4n) is 11.5. The first-order valence-electron chi connectivity index (χ1n) is 25.6. The van der Waals surface area contributed by atoms with E-state index in [0.717, 1.165) is 103 Å². The second-order valence-corrected chi connectivity index (χ2v) is 26.4. The van der Waals surface area contributed by atoms with Crippen molar-refractivity contribution in [3.05, 3.63) is 91.7 Å². The Balaban J connectivity index is 1.62. The molecule has 9 heteroatoms. The molecule has 2 saturated carbocycles. The number of carbonyl (C=O) groups excluding carboxylic acids is 2. The zero-order chi connectivity index (χ0) is 46.8. The Bertz CT molecular complexity index is 1950. The monoisotopic (exact) mass is 935 g/mol. The number of halogens is 4. The summed E-state index contributed by atoms with van der Waals surface area (Å²) in [5.74, 6) is -3.64. The number of hydrogen-bond acceptors (Lipinski definition) is 2. The van der Waals surface area contributed by atoms with Crippen LogP contribution in [0.1, 0.15) is 183 Å². The molecule has 4 aliphatic carbocycles. The van der Waals surface area contributed by atoms with Crippen LogP contribution in [0.2, 0.25) is 0 Å². The van der Waals surface area contributed by atoms with Crippen LogP contribution >= 0.6 is 0 Å². The number of anilines is 2. The van der Waals surface area contributed by atoms with Crippen molar-refractivity contribution in [1.29, 1.82) is 0 Å². The van der Waals surface area contributed by atoms with Gasteiger partial charge in [-0.3, -0.25) is 0 Å². The van der Waals surface area contributed by atoms with Crippen LogP contribution in [0.25, 0.3) is 0 Å². The van der Waals surface area contributed by atoms with Gasteiger partial charge in [0.25, 0.3) is 0 Å². The molecule has 4 nitrogen and oxygen atoms in total. The Morgan fingerprint density at radius 3 is 1.29 bits per heavy atom. The van der Waals surface area contributed by atoms with Gasteiger partial charge in [0, 0.05) is 0 Å². The molecule has 6 rings (SSSR count). The molecule has 0 aromatic heterocycles. The van der Waals surface area contributed by atoms with Gasteiger partial charge in [-0.05, 0) is 0 Å². The number of rotatable bonds is 22. The van der Waals surface area contributed by atoms with Gasteiger partial charge in [0.15, 0.2) is 0 Å². The molecule has 0 heterocycles. The summed E-state index contributed by atoms with van der Waals surface area (Å²) < 4.78 is 73.1. The van der Waals surface area contributed by atoms with Crippen molar-refractivity contribution in [1.82, 2.24) is 0 Å². The van der Waals surface area contributed by atoms with Gasteiger partial charge in [-0.25, -0.2) is 0 Å². The molecule has 0 saturated heterocycles. The molecule has 2 atom stereocenters. The van der Waals surface area contributed by atoms with Gasteiger partial charge < -0.3 is 0 Å². The maximum absolute atomic E-state index is 18.7. The standard InChI is InChI=1S/2C23H34F2NO.2C5H5.Ti/c2*1-4-6-10-15-23(3,5-2)22(27)26(17-18-11-8-7-9-12-18)21-14-13-19(24)16-20(21)25;2*1-2-4-5-3-1;/h2*13-14,18H,4-12,15,17H2,1-3H3;2*1-3H,4H2;. The molecule has 4 aliphatic rings. The summed E-state index contributed by atoms with van der Waals surface area (Å²) in [5, 5.41) is 0. The Morgan fingerprint density at radius 2 is 0.969 bits per heavy atom. The predicted molar refractivity (Wildman–Crippen MR) is 259 cm³/mol. The Labute approximate surface area is 392 Å². The molecule has 356 valence electrons. The first-order valence-corrected chi connectivity index (χ1v) is 28.8. The summed E-state index contributed by atoms with van der Waals surface area (Å²) in [6.07, 6.45) is 29.6. The van der Waals surface area contributed by atoms with E-state index >= 15 is 27.2 Å². The molecule has 2 fully saturated rings. The zero-order valence-corrected chi connectivity index (χ0v) is 42.2. The van der Waals surface area contributed by atoms with Crippen molar-refractivity contribution < 1.29 is 43.7 Å². The molecular formula is C56H78F4N2O2Ti. The van der Waals surface area contributed by atoms with Crippen LogP contribution in [0.5, 0.6) is 0 Å². The van der Waals surface area contributed by atoms with Crippen LogP contribution in [0.15, 0.2) is 68.5 Å². The summed E-state index contributed by atoms with van der Waals surface area (Å²) in [4.78, 5) is 33.5. The molecule has 2 aromatic carbocycles. The molecule has 0 spiro atoms. The second kappa shape index (κ2) is 23.2. The number of hydrogen-bond donors (Lipinski definition) is 0. The van der Waals surface area contributed by atoms with E-state index in [-0.39, 0.29) is 55.6 Å². The van der Waals surface area contributed by atoms with Gasteiger partial charge >= 0.3 is 395 Å². The number of carbonyl (C=O) groups is 2. The van der Waals surface area contributed by atoms with Gasteiger partial charge in [0.1, 0.15) is 0 Å². The van der Waals surface area contributed by atoms with E-state index in [1.807, 2.05) is 64.2 Å². The quantitative estimate of drug-likeness (QED) is 0.0670. The van der Waals surface area contributed by atoms with Gasteiger partial charge in [-0.15, -0.1) is 0 Å². The van der Waals surface area contributed by atoms with Crippen molar-refractivity contribution in [2.24, 2.45) is 22.7 Å². The third kappa shape index (κ3) is 10.9. The molecule has 0 radical (unpaired) electrons. The van der Waals surface area contributed by atoms with E-state index in [9.17, 15) is 0 Å². The first-order chi connectivity index (χ1) is 31.3. The third-order valence-electron chi connectivity index (χ3n) is 16.1. The van der Waals surface area contributed by atoms with Crippen molar-refractivity contribution in [2.75, 3.05) is 22.9 Å². The predicted octanol–water partition coefficient (Wildman–Crippen LogP) is 14.9. The molecular weight excluding hydrogens is 856 g/mol. The van der Waals surface area contributed by atoms with Crippen LogP contribution in [-0.4, -0.2) is 24.9 Å². The Kier molecular flexibility index (Phi) is 18.3. The summed E-state index contributed by atoms with van der Waals surface area (Å²) in [6, 6.07) is 5.26. The topological polar surface area (TPSA) is 40.6 Å². The third-order valence-corrected chi connectivity index (χ3v) is 24.0. The average Bonchev–Trinajstić information content (AvgIpc) is 4.07. The van der Waals surface area contributed by atoms with Crippen molar-refractivity contribution >= 4 is 30.9 Å². The normalized spacial score (nSPS) is 18.9. The first kappa shape index (κ1) is 51.2. The Morgan fingerprint density at radius 1 is 0.585 bits per heavy atom. The van der Waals surface area contributed by atoms with E-state index in [0.29, 0.717) is 46.5 Å². The number of benzene rings is 2. The van der Waals surface area contributed by atoms with E-state index in [2.05, 4.69) is 13.8 Å². The molecule has 65 heavy (non-hydrogen) atoms. The molecule has 2 amide bonds. The SMILES string of the molecule is CCCCCC(C)(CC)C(=O)N(CC1CCCCC1)c1ccc(F)[c]([Ti]([C]2=CC=CC2)([C]2=CC=CC2)[c]2c(F)ccc(N(CC3CCCCC3)C(=O)C(C)(CC)CCCCC)c2F)c1F. The minimum atomic E-state index is -5.37. The van der Waals surface area contributed by atoms with Gasteiger partial charge in [0.05, 0.1) is 0 Å². The van der Waals surface area contributed by atoms with E-state index < -0.39 is 50.7 Å². The van der Waals surface area contributed by atoms with Crippen LogP contribution < -0.4 is 17.5 Å². The van der Waals surface area contributed by atoms with Crippen LogP contribution in [0.4, 0.5) is 28.9 Å². The van der Waals surface area contributed by atoms with Gasteiger partial charge in [0.2, 0.25) is 0 Å². The molecule has 2 aromatic rings. The molecule has 2 unspecified atom stereocenters. The molecule has 0 bridgehead atoms. The van der Waals surface area contributed by atoms with Crippen LogP contribution in [0.3, 0.4) is 0 Å². The molecule has 0 aliphatic heterocycles. The number of nitrogens with zero attached hydrogens (tertiary/aromatic N) is 2. The minimum absolute atomic E-state index is 0.0166. The van der Waals surface area contributed by atoms with Crippen molar-refractivity contribution in [2.45, 2.75) is 183 Å². The van der Waals surface area contributed by atoms with Gasteiger partial charge in [-0.2, -0.15) is 0 Å². The van der Waals surface area contributed by atoms with Crippen molar-refractivity contribution in [3.63, 3.8) is 0 Å². The van der Waals surface area contributed by atoms with E-state index in [1.54, 1.807) is 9.80 Å².